The molecule has 1 N–H and O–H groups in total. The topological polar surface area (TPSA) is 42.1 Å². The molecule has 1 aromatic heterocycles. The number of aryl methyl sites for hydroxylation is 1. The Morgan fingerprint density at radius 2 is 2.00 bits per heavy atom. The maximum absolute atomic E-state index is 14.0. The summed E-state index contributed by atoms with van der Waals surface area (Å²) in [5.74, 6) is -0.856. The Kier molecular flexibility index (Phi) is 4.41. The van der Waals surface area contributed by atoms with Gasteiger partial charge in [0.1, 0.15) is 22.2 Å². The number of carbonyl (C=O) groups excluding carboxylic acids is 1. The fourth-order valence-corrected chi connectivity index (χ4v) is 3.32. The van der Waals surface area contributed by atoms with Crippen molar-refractivity contribution in [2.75, 3.05) is 7.11 Å². The third-order valence-electron chi connectivity index (χ3n) is 3.85. The summed E-state index contributed by atoms with van der Waals surface area (Å²) >= 11 is 3.35. The number of methoxy groups -OCH3 is 1. The molecule has 3 nitrogen and oxygen atoms in total. The van der Waals surface area contributed by atoms with Gasteiger partial charge in [0, 0.05) is 28.8 Å². The predicted molar refractivity (Wildman–Crippen MR) is 91.9 cm³/mol. The number of Topliss-reactive ketones (excluding diaryl/α,β-unsaturated/α-hetero) is 1. The minimum atomic E-state index is -0.740. The predicted octanol–water partition coefficient (Wildman–Crippen LogP) is 5.08. The molecule has 3 rings (SSSR count). The van der Waals surface area contributed by atoms with Crippen molar-refractivity contribution in [1.29, 1.82) is 0 Å². The average Bonchev–Trinajstić information content (AvgIpc) is 2.97. The number of halogens is 3. The van der Waals surface area contributed by atoms with Crippen LogP contribution >= 0.6 is 15.9 Å². The molecule has 0 fully saturated rings. The molecule has 0 aliphatic rings. The van der Waals surface area contributed by atoms with Gasteiger partial charge in [-0.3, -0.25) is 4.79 Å². The van der Waals surface area contributed by atoms with Crippen LogP contribution in [0.25, 0.3) is 10.9 Å². The normalized spacial score (nSPS) is 12.4. The highest BCUT2D eigenvalue weighted by Gasteiger charge is 2.25. The van der Waals surface area contributed by atoms with E-state index in [1.54, 1.807) is 13.0 Å². The first-order valence-electron chi connectivity index (χ1n) is 7.21. The van der Waals surface area contributed by atoms with Crippen LogP contribution in [0.15, 0.2) is 36.5 Å². The van der Waals surface area contributed by atoms with E-state index < -0.39 is 16.5 Å². The number of hydrogen-bond acceptors (Lipinski definition) is 2. The molecule has 0 aliphatic carbocycles. The Balaban J connectivity index is 2.06. The van der Waals surface area contributed by atoms with Gasteiger partial charge >= 0.3 is 0 Å². The summed E-state index contributed by atoms with van der Waals surface area (Å²) < 4.78 is 32.5. The van der Waals surface area contributed by atoms with Gasteiger partial charge in [-0.15, -0.1) is 0 Å². The third kappa shape index (κ3) is 2.82. The van der Waals surface area contributed by atoms with E-state index in [1.165, 1.54) is 37.6 Å². The molecule has 0 amide bonds. The number of H-pyrrole nitrogens is 1. The number of alkyl halides is 1. The van der Waals surface area contributed by atoms with Crippen molar-refractivity contribution in [1.82, 2.24) is 4.98 Å². The number of ether oxygens (including phenoxy) is 1. The molecule has 1 atom stereocenters. The minimum Gasteiger partial charge on any atom is -0.496 e. The van der Waals surface area contributed by atoms with Crippen LogP contribution in [-0.2, 0) is 0 Å². The minimum absolute atomic E-state index is 0.267. The van der Waals surface area contributed by atoms with E-state index in [0.717, 1.165) is 5.56 Å². The molecular weight excluding hydrogens is 380 g/mol. The number of hydrogen-bond donors (Lipinski definition) is 1. The van der Waals surface area contributed by atoms with Crippen molar-refractivity contribution < 1.29 is 18.3 Å². The molecule has 0 saturated heterocycles. The van der Waals surface area contributed by atoms with Crippen LogP contribution in [-0.4, -0.2) is 17.9 Å². The molecule has 6 heteroatoms. The van der Waals surface area contributed by atoms with Crippen molar-refractivity contribution in [2.24, 2.45) is 0 Å². The standard InChI is InChI=1S/C18H14BrF2NO2/c1-9-5-12-13(8-22-17(12)14(21)6-9)18(23)16(19)11-4-3-10(20)7-15(11)24-2/h3-8,16,22H,1-2H3. The monoisotopic (exact) mass is 393 g/mol. The number of ketones is 1. The summed E-state index contributed by atoms with van der Waals surface area (Å²) in [4.78, 5) is 14.9. The molecule has 3 aromatic rings. The molecular formula is C18H14BrF2NO2. The number of aromatic amines is 1. The first-order chi connectivity index (χ1) is 11.4. The van der Waals surface area contributed by atoms with Crippen molar-refractivity contribution in [3.8, 4) is 5.75 Å². The molecule has 124 valence electrons. The maximum atomic E-state index is 14.0. The highest BCUT2D eigenvalue weighted by atomic mass is 79.9. The van der Waals surface area contributed by atoms with E-state index in [2.05, 4.69) is 20.9 Å². The second kappa shape index (κ2) is 6.36. The number of benzene rings is 2. The van der Waals surface area contributed by atoms with Gasteiger partial charge in [0.25, 0.3) is 0 Å². The van der Waals surface area contributed by atoms with Crippen LogP contribution in [0.4, 0.5) is 8.78 Å². The lowest BCUT2D eigenvalue weighted by molar-refractivity contribution is 0.0992. The lowest BCUT2D eigenvalue weighted by Gasteiger charge is -2.13. The Hall–Kier alpha value is -2.21. The molecule has 0 radical (unpaired) electrons. The van der Waals surface area contributed by atoms with E-state index in [-0.39, 0.29) is 17.0 Å². The van der Waals surface area contributed by atoms with E-state index >= 15 is 0 Å². The van der Waals surface area contributed by atoms with Gasteiger partial charge in [-0.05, 0) is 30.7 Å². The van der Waals surface area contributed by atoms with Crippen LogP contribution in [0.1, 0.15) is 26.3 Å². The second-order valence-electron chi connectivity index (χ2n) is 5.48. The summed E-state index contributed by atoms with van der Waals surface area (Å²) in [6, 6.07) is 7.13. The van der Waals surface area contributed by atoms with Gasteiger partial charge < -0.3 is 9.72 Å². The molecule has 24 heavy (non-hydrogen) atoms. The number of rotatable bonds is 4. The van der Waals surface area contributed by atoms with Crippen molar-refractivity contribution >= 4 is 32.6 Å². The lowest BCUT2D eigenvalue weighted by atomic mass is 10.0. The van der Waals surface area contributed by atoms with Gasteiger partial charge in [-0.2, -0.15) is 0 Å². The van der Waals surface area contributed by atoms with Crippen LogP contribution < -0.4 is 4.74 Å². The van der Waals surface area contributed by atoms with E-state index in [9.17, 15) is 13.6 Å². The zero-order valence-corrected chi connectivity index (χ0v) is 14.6. The molecule has 1 heterocycles. The van der Waals surface area contributed by atoms with E-state index in [1.807, 2.05) is 0 Å². The second-order valence-corrected chi connectivity index (χ2v) is 6.40. The Bertz CT molecular complexity index is 936. The smallest absolute Gasteiger partial charge is 0.183 e. The van der Waals surface area contributed by atoms with Gasteiger partial charge in [0.05, 0.1) is 12.6 Å². The molecule has 0 aliphatic heterocycles. The zero-order valence-electron chi connectivity index (χ0n) is 13.0. The fourth-order valence-electron chi connectivity index (χ4n) is 2.70. The summed E-state index contributed by atoms with van der Waals surface area (Å²) in [6.07, 6.45) is 1.49. The molecule has 0 spiro atoms. The van der Waals surface area contributed by atoms with E-state index in [0.29, 0.717) is 16.5 Å². The van der Waals surface area contributed by atoms with Crippen molar-refractivity contribution in [3.05, 3.63) is 64.9 Å². The van der Waals surface area contributed by atoms with E-state index in [4.69, 9.17) is 4.74 Å². The largest absolute Gasteiger partial charge is 0.496 e. The summed E-state index contributed by atoms with van der Waals surface area (Å²) in [5, 5.41) is 0.517. The highest BCUT2D eigenvalue weighted by molar-refractivity contribution is 9.09. The molecule has 1 unspecified atom stereocenters. The lowest BCUT2D eigenvalue weighted by Crippen LogP contribution is -2.08. The van der Waals surface area contributed by atoms with Crippen molar-refractivity contribution in [2.45, 2.75) is 11.8 Å². The fraction of sp³-hybridized carbons (Fsp3) is 0.167. The number of carbonyl (C=O) groups is 1. The zero-order chi connectivity index (χ0) is 17.4. The summed E-state index contributed by atoms with van der Waals surface area (Å²) in [6.45, 7) is 1.76. The van der Waals surface area contributed by atoms with Gasteiger partial charge in [-0.1, -0.05) is 22.0 Å². The number of fused-ring (bicyclic) bond motifs is 1. The van der Waals surface area contributed by atoms with Crippen LogP contribution in [0.2, 0.25) is 0 Å². The Morgan fingerprint density at radius 1 is 1.25 bits per heavy atom. The first kappa shape index (κ1) is 16.6. The first-order valence-corrected chi connectivity index (χ1v) is 8.13. The third-order valence-corrected chi connectivity index (χ3v) is 4.76. The molecule has 2 aromatic carbocycles. The average molecular weight is 394 g/mol. The van der Waals surface area contributed by atoms with Gasteiger partial charge in [0.2, 0.25) is 0 Å². The SMILES string of the molecule is COc1cc(F)ccc1C(Br)C(=O)c1c[nH]c2c(F)cc(C)cc12. The summed E-state index contributed by atoms with van der Waals surface area (Å²) in [5.41, 5.74) is 1.88. The highest BCUT2D eigenvalue weighted by Crippen LogP contribution is 2.36. The number of nitrogens with one attached hydrogen (secondary N) is 1. The quantitative estimate of drug-likeness (QED) is 0.495. The van der Waals surface area contributed by atoms with Gasteiger partial charge in [0.15, 0.2) is 5.78 Å². The Labute approximate surface area is 145 Å². The van der Waals surface area contributed by atoms with Crippen molar-refractivity contribution in [3.63, 3.8) is 0 Å². The van der Waals surface area contributed by atoms with Gasteiger partial charge in [-0.25, -0.2) is 8.78 Å². The number of aromatic nitrogens is 1. The van der Waals surface area contributed by atoms with Crippen LogP contribution in [0, 0.1) is 18.6 Å². The maximum Gasteiger partial charge on any atom is 0.183 e. The molecule has 0 saturated carbocycles. The molecule has 0 bridgehead atoms. The van der Waals surface area contributed by atoms with Crippen LogP contribution in [0.3, 0.4) is 0 Å². The van der Waals surface area contributed by atoms with Crippen LogP contribution in [0.5, 0.6) is 5.75 Å². The Morgan fingerprint density at radius 3 is 2.71 bits per heavy atom. The summed E-state index contributed by atoms with van der Waals surface area (Å²) in [7, 11) is 1.41.